The molecule has 0 saturated carbocycles. The topological polar surface area (TPSA) is 94.9 Å². The lowest BCUT2D eigenvalue weighted by molar-refractivity contribution is -0.133. The van der Waals surface area contributed by atoms with Crippen LogP contribution in [-0.4, -0.2) is 39.5 Å². The van der Waals surface area contributed by atoms with Gasteiger partial charge in [0.25, 0.3) is 0 Å². The van der Waals surface area contributed by atoms with E-state index in [9.17, 15) is 14.4 Å². The third kappa shape index (κ3) is 6.88. The maximum absolute atomic E-state index is 10.9. The van der Waals surface area contributed by atoms with E-state index in [4.69, 9.17) is 10.2 Å². The van der Waals surface area contributed by atoms with Gasteiger partial charge < -0.3 is 15.1 Å². The summed E-state index contributed by atoms with van der Waals surface area (Å²) in [7, 11) is 0. The van der Waals surface area contributed by atoms with E-state index in [1.807, 2.05) is 0 Å². The van der Waals surface area contributed by atoms with Crippen molar-refractivity contribution in [1.29, 1.82) is 0 Å². The Balaban J connectivity index is 0.000000366. The van der Waals surface area contributed by atoms with Crippen LogP contribution < -0.4 is 0 Å². The first kappa shape index (κ1) is 14.9. The standard InChI is InChI=1S/C7H9NO3.C4H6O2/c9-6-2-1-4-8(6)5-3-7(10)11;1-3(2)4(5)6/h3,5H,1-2,4H2,(H,10,11);1H2,2H3,(H,5,6). The van der Waals surface area contributed by atoms with E-state index in [0.29, 0.717) is 13.0 Å². The molecule has 0 aromatic carbocycles. The number of carboxylic acids is 2. The molecule has 0 unspecified atom stereocenters. The van der Waals surface area contributed by atoms with E-state index in [0.717, 1.165) is 12.5 Å². The fourth-order valence-corrected chi connectivity index (χ4v) is 0.980. The molecule has 0 aliphatic carbocycles. The van der Waals surface area contributed by atoms with Gasteiger partial charge in [0, 0.05) is 30.8 Å². The van der Waals surface area contributed by atoms with Gasteiger partial charge in [-0.1, -0.05) is 6.58 Å². The van der Waals surface area contributed by atoms with E-state index in [1.165, 1.54) is 18.0 Å². The summed E-state index contributed by atoms with van der Waals surface area (Å²) in [6.07, 6.45) is 3.65. The summed E-state index contributed by atoms with van der Waals surface area (Å²) in [5.41, 5.74) is 0.176. The van der Waals surface area contributed by atoms with Crippen molar-refractivity contribution < 1.29 is 24.6 Å². The van der Waals surface area contributed by atoms with Gasteiger partial charge in [0.15, 0.2) is 0 Å². The first-order valence-electron chi connectivity index (χ1n) is 4.94. The summed E-state index contributed by atoms with van der Waals surface area (Å²) in [5.74, 6) is -1.96. The number of amides is 1. The van der Waals surface area contributed by atoms with Crippen LogP contribution in [-0.2, 0) is 14.4 Å². The van der Waals surface area contributed by atoms with Crippen LogP contribution in [0.25, 0.3) is 0 Å². The molecule has 17 heavy (non-hydrogen) atoms. The zero-order valence-corrected chi connectivity index (χ0v) is 9.55. The molecule has 1 fully saturated rings. The second-order valence-corrected chi connectivity index (χ2v) is 3.43. The Bertz CT molecular complexity index is 347. The molecule has 1 amide bonds. The Morgan fingerprint density at radius 3 is 2.24 bits per heavy atom. The molecule has 1 aliphatic rings. The molecule has 0 aromatic rings. The molecule has 2 N–H and O–H groups in total. The van der Waals surface area contributed by atoms with Gasteiger partial charge in [-0.3, -0.25) is 4.79 Å². The summed E-state index contributed by atoms with van der Waals surface area (Å²) in [5, 5.41) is 16.1. The average Bonchev–Trinajstić information content (AvgIpc) is 2.61. The molecule has 1 saturated heterocycles. The average molecular weight is 241 g/mol. The predicted octanol–water partition coefficient (Wildman–Crippen LogP) is 0.854. The van der Waals surface area contributed by atoms with E-state index in [2.05, 4.69) is 6.58 Å². The number of nitrogens with zero attached hydrogens (tertiary/aromatic N) is 1. The number of likely N-dealkylation sites (tertiary alicyclic amines) is 1. The molecule has 0 spiro atoms. The Kier molecular flexibility index (Phi) is 6.32. The quantitative estimate of drug-likeness (QED) is 0.714. The van der Waals surface area contributed by atoms with Crippen LogP contribution in [0.5, 0.6) is 0 Å². The summed E-state index contributed by atoms with van der Waals surface area (Å²) >= 11 is 0. The van der Waals surface area contributed by atoms with Gasteiger partial charge in [-0.25, -0.2) is 9.59 Å². The minimum atomic E-state index is -1.02. The number of hydrogen-bond acceptors (Lipinski definition) is 3. The second kappa shape index (κ2) is 7.21. The fraction of sp³-hybridized carbons (Fsp3) is 0.364. The highest BCUT2D eigenvalue weighted by molar-refractivity contribution is 5.84. The number of rotatable bonds is 3. The molecule has 0 atom stereocenters. The first-order chi connectivity index (χ1) is 7.84. The van der Waals surface area contributed by atoms with Crippen LogP contribution in [0.2, 0.25) is 0 Å². The van der Waals surface area contributed by atoms with Crippen LogP contribution in [0.15, 0.2) is 24.4 Å². The highest BCUT2D eigenvalue weighted by Gasteiger charge is 2.17. The van der Waals surface area contributed by atoms with Gasteiger partial charge in [-0.2, -0.15) is 0 Å². The van der Waals surface area contributed by atoms with Gasteiger partial charge in [-0.15, -0.1) is 0 Å². The van der Waals surface area contributed by atoms with Crippen molar-refractivity contribution in [2.45, 2.75) is 19.8 Å². The number of carbonyl (C=O) groups is 3. The molecule has 0 radical (unpaired) electrons. The number of hydrogen-bond donors (Lipinski definition) is 2. The van der Waals surface area contributed by atoms with Gasteiger partial charge in [0.2, 0.25) is 5.91 Å². The lowest BCUT2D eigenvalue weighted by atomic mass is 10.4. The Labute approximate surface area is 98.8 Å². The largest absolute Gasteiger partial charge is 0.478 e. The van der Waals surface area contributed by atoms with Crippen molar-refractivity contribution >= 4 is 17.8 Å². The van der Waals surface area contributed by atoms with Crippen molar-refractivity contribution in [3.05, 3.63) is 24.4 Å². The SMILES string of the molecule is C=C(C)C(=O)O.O=C(O)C=CN1CCCC1=O. The zero-order valence-electron chi connectivity index (χ0n) is 9.55. The maximum Gasteiger partial charge on any atom is 0.330 e. The van der Waals surface area contributed by atoms with Crippen molar-refractivity contribution in [3.63, 3.8) is 0 Å². The van der Waals surface area contributed by atoms with Gasteiger partial charge in [0.05, 0.1) is 0 Å². The van der Waals surface area contributed by atoms with Crippen LogP contribution in [0.1, 0.15) is 19.8 Å². The van der Waals surface area contributed by atoms with Gasteiger partial charge in [-0.05, 0) is 13.3 Å². The highest BCUT2D eigenvalue weighted by atomic mass is 16.4. The molecule has 0 aromatic heterocycles. The Hall–Kier alpha value is -2.11. The minimum absolute atomic E-state index is 0.00231. The Morgan fingerprint density at radius 2 is 1.94 bits per heavy atom. The first-order valence-corrected chi connectivity index (χ1v) is 4.94. The molecule has 1 heterocycles. The van der Waals surface area contributed by atoms with Crippen LogP contribution in [0.4, 0.5) is 0 Å². The summed E-state index contributed by atoms with van der Waals surface area (Å²) < 4.78 is 0. The van der Waals surface area contributed by atoms with Crippen molar-refractivity contribution in [2.24, 2.45) is 0 Å². The predicted molar refractivity (Wildman–Crippen MR) is 60.2 cm³/mol. The number of carboxylic acid groups (broad SMARTS) is 2. The second-order valence-electron chi connectivity index (χ2n) is 3.43. The molecular formula is C11H15NO5. The smallest absolute Gasteiger partial charge is 0.330 e. The maximum atomic E-state index is 10.9. The molecule has 94 valence electrons. The third-order valence-electron chi connectivity index (χ3n) is 1.87. The van der Waals surface area contributed by atoms with Gasteiger partial charge in [0.1, 0.15) is 0 Å². The van der Waals surface area contributed by atoms with Crippen molar-refractivity contribution in [2.75, 3.05) is 6.54 Å². The van der Waals surface area contributed by atoms with E-state index >= 15 is 0 Å². The van der Waals surface area contributed by atoms with E-state index < -0.39 is 11.9 Å². The fourth-order valence-electron chi connectivity index (χ4n) is 0.980. The van der Waals surface area contributed by atoms with Gasteiger partial charge >= 0.3 is 11.9 Å². The monoisotopic (exact) mass is 241 g/mol. The zero-order chi connectivity index (χ0) is 13.4. The van der Waals surface area contributed by atoms with Crippen molar-refractivity contribution in [3.8, 4) is 0 Å². The molecular weight excluding hydrogens is 226 g/mol. The number of aliphatic carboxylic acids is 2. The summed E-state index contributed by atoms with van der Waals surface area (Å²) in [4.78, 5) is 31.9. The third-order valence-corrected chi connectivity index (χ3v) is 1.87. The lowest BCUT2D eigenvalue weighted by Crippen LogP contribution is -2.17. The summed E-state index contributed by atoms with van der Waals surface area (Å²) in [6, 6.07) is 0. The minimum Gasteiger partial charge on any atom is -0.478 e. The Morgan fingerprint density at radius 1 is 1.41 bits per heavy atom. The molecule has 6 heteroatoms. The molecule has 1 aliphatic heterocycles. The van der Waals surface area contributed by atoms with E-state index in [-0.39, 0.29) is 11.5 Å². The number of carbonyl (C=O) groups excluding carboxylic acids is 1. The van der Waals surface area contributed by atoms with Crippen molar-refractivity contribution in [1.82, 2.24) is 4.90 Å². The lowest BCUT2D eigenvalue weighted by Gasteiger charge is -2.06. The molecule has 6 nitrogen and oxygen atoms in total. The van der Waals surface area contributed by atoms with E-state index in [1.54, 1.807) is 0 Å². The van der Waals surface area contributed by atoms with Crippen LogP contribution in [0, 0.1) is 0 Å². The molecule has 1 rings (SSSR count). The summed E-state index contributed by atoms with van der Waals surface area (Å²) in [6.45, 7) is 5.24. The normalized spacial score (nSPS) is 14.4. The molecule has 0 bridgehead atoms. The highest BCUT2D eigenvalue weighted by Crippen LogP contribution is 2.09. The van der Waals surface area contributed by atoms with Crippen LogP contribution in [0.3, 0.4) is 0 Å². The van der Waals surface area contributed by atoms with Crippen LogP contribution >= 0.6 is 0 Å².